The first-order valence-electron chi connectivity index (χ1n) is 10.6. The van der Waals surface area contributed by atoms with E-state index < -0.39 is 11.8 Å². The third kappa shape index (κ3) is 4.58. The van der Waals surface area contributed by atoms with Crippen molar-refractivity contribution >= 4 is 39.6 Å². The minimum Gasteiger partial charge on any atom is -0.462 e. The molecule has 1 aliphatic heterocycles. The van der Waals surface area contributed by atoms with Gasteiger partial charge < -0.3 is 14.1 Å². The summed E-state index contributed by atoms with van der Waals surface area (Å²) in [6.07, 6.45) is 1.56. The Balaban J connectivity index is 1.34. The van der Waals surface area contributed by atoms with Gasteiger partial charge in [-0.3, -0.25) is 20.4 Å². The number of hydrogen-bond acceptors (Lipinski definition) is 9. The first kappa shape index (κ1) is 22.3. The van der Waals surface area contributed by atoms with Crippen LogP contribution >= 0.6 is 22.7 Å². The number of furan rings is 1. The highest BCUT2D eigenvalue weighted by molar-refractivity contribution is 7.18. The van der Waals surface area contributed by atoms with Gasteiger partial charge in [-0.25, -0.2) is 9.97 Å². The predicted octanol–water partition coefficient (Wildman–Crippen LogP) is 3.75. The normalized spacial score (nSPS) is 13.6. The molecular formula is C23H21N5O4S2. The number of morpholine rings is 1. The Kier molecular flexibility index (Phi) is 6.39. The summed E-state index contributed by atoms with van der Waals surface area (Å²) in [6.45, 7) is 4.51. The molecule has 3 aromatic heterocycles. The van der Waals surface area contributed by atoms with Crippen molar-refractivity contribution in [2.45, 2.75) is 6.92 Å². The Hall–Kier alpha value is -3.54. The van der Waals surface area contributed by atoms with Crippen molar-refractivity contribution in [1.29, 1.82) is 0 Å². The maximum absolute atomic E-state index is 13.1. The van der Waals surface area contributed by atoms with Crippen molar-refractivity contribution < 1.29 is 18.7 Å². The molecule has 0 unspecified atom stereocenters. The lowest BCUT2D eigenvalue weighted by Gasteiger charge is -2.25. The average molecular weight is 496 g/mol. The number of nitrogens with one attached hydrogen (secondary N) is 2. The van der Waals surface area contributed by atoms with Crippen LogP contribution in [0.4, 0.5) is 5.13 Å². The number of nitrogens with zero attached hydrogens (tertiary/aromatic N) is 3. The number of rotatable bonds is 5. The number of anilines is 1. The van der Waals surface area contributed by atoms with Gasteiger partial charge in [-0.05, 0) is 19.1 Å². The van der Waals surface area contributed by atoms with E-state index in [1.54, 1.807) is 25.3 Å². The smallest absolute Gasteiger partial charge is 0.282 e. The highest BCUT2D eigenvalue weighted by Crippen LogP contribution is 2.34. The molecule has 0 atom stereocenters. The Morgan fingerprint density at radius 2 is 1.68 bits per heavy atom. The monoisotopic (exact) mass is 495 g/mol. The number of amides is 2. The van der Waals surface area contributed by atoms with E-state index in [2.05, 4.69) is 25.7 Å². The molecule has 1 fully saturated rings. The van der Waals surface area contributed by atoms with Crippen LogP contribution in [-0.4, -0.2) is 48.1 Å². The number of ether oxygens (including phenoxy) is 1. The van der Waals surface area contributed by atoms with E-state index in [4.69, 9.17) is 9.15 Å². The van der Waals surface area contributed by atoms with Gasteiger partial charge in [0.1, 0.15) is 9.75 Å². The third-order valence-electron chi connectivity index (χ3n) is 5.18. The molecule has 0 aliphatic carbocycles. The summed E-state index contributed by atoms with van der Waals surface area (Å²) < 4.78 is 10.8. The Morgan fingerprint density at radius 3 is 2.38 bits per heavy atom. The number of aromatic nitrogens is 2. The van der Waals surface area contributed by atoms with E-state index in [1.807, 2.05) is 30.3 Å². The van der Waals surface area contributed by atoms with Gasteiger partial charge in [0, 0.05) is 18.7 Å². The fraction of sp³-hybridized carbons (Fsp3) is 0.217. The molecule has 11 heteroatoms. The zero-order valence-electron chi connectivity index (χ0n) is 18.2. The molecule has 5 rings (SSSR count). The Bertz CT molecular complexity index is 1290. The average Bonchev–Trinajstić information content (AvgIpc) is 3.63. The van der Waals surface area contributed by atoms with Crippen LogP contribution in [-0.2, 0) is 4.74 Å². The minimum atomic E-state index is -0.460. The molecular weight excluding hydrogens is 474 g/mol. The van der Waals surface area contributed by atoms with E-state index in [9.17, 15) is 9.59 Å². The first-order chi connectivity index (χ1) is 16.6. The summed E-state index contributed by atoms with van der Waals surface area (Å²) in [7, 11) is 0. The van der Waals surface area contributed by atoms with Gasteiger partial charge in [-0.2, -0.15) is 0 Å². The number of carbonyl (C=O) groups is 2. The van der Waals surface area contributed by atoms with Gasteiger partial charge in [0.05, 0.1) is 30.9 Å². The van der Waals surface area contributed by atoms with Crippen molar-refractivity contribution in [2.75, 3.05) is 31.2 Å². The van der Waals surface area contributed by atoms with Crippen LogP contribution in [0.2, 0.25) is 0 Å². The van der Waals surface area contributed by atoms with E-state index in [1.165, 1.54) is 22.7 Å². The molecule has 174 valence electrons. The van der Waals surface area contributed by atoms with E-state index in [0.717, 1.165) is 23.8 Å². The fourth-order valence-corrected chi connectivity index (χ4v) is 5.45. The van der Waals surface area contributed by atoms with Crippen LogP contribution in [0.5, 0.6) is 0 Å². The maximum atomic E-state index is 13.1. The standard InChI is InChI=1S/C23H21N5O4S2/c1-14-18(34-23(24-14)28-9-12-31-13-10-28)20(29)26-27-21(30)19-17(15-6-3-2-4-7-15)25-22(33-19)16-8-5-11-32-16/h2-8,11H,9-10,12-13H2,1H3,(H,26,29)(H,27,30). The largest absolute Gasteiger partial charge is 0.462 e. The third-order valence-corrected chi connectivity index (χ3v) is 7.46. The number of hydrogen-bond donors (Lipinski definition) is 2. The maximum Gasteiger partial charge on any atom is 0.282 e. The molecule has 0 bridgehead atoms. The van der Waals surface area contributed by atoms with E-state index in [-0.39, 0.29) is 0 Å². The van der Waals surface area contributed by atoms with Gasteiger partial charge >= 0.3 is 0 Å². The molecule has 2 amide bonds. The van der Waals surface area contributed by atoms with Crippen molar-refractivity contribution in [2.24, 2.45) is 0 Å². The zero-order chi connectivity index (χ0) is 23.5. The molecule has 0 spiro atoms. The molecule has 2 N–H and O–H groups in total. The fourth-order valence-electron chi connectivity index (χ4n) is 3.48. The van der Waals surface area contributed by atoms with Gasteiger partial charge in [-0.1, -0.05) is 41.7 Å². The summed E-state index contributed by atoms with van der Waals surface area (Å²) >= 11 is 2.50. The molecule has 4 aromatic rings. The summed E-state index contributed by atoms with van der Waals surface area (Å²) in [5.74, 6) is -0.306. The number of aryl methyl sites for hydroxylation is 1. The Labute approximate surface area is 203 Å². The quantitative estimate of drug-likeness (QED) is 0.406. The number of hydrazine groups is 1. The van der Waals surface area contributed by atoms with Crippen molar-refractivity contribution in [1.82, 2.24) is 20.8 Å². The van der Waals surface area contributed by atoms with Crippen LogP contribution in [0.1, 0.15) is 25.0 Å². The molecule has 4 heterocycles. The van der Waals surface area contributed by atoms with Crippen LogP contribution in [0.3, 0.4) is 0 Å². The topological polar surface area (TPSA) is 110 Å². The highest BCUT2D eigenvalue weighted by Gasteiger charge is 2.24. The number of benzene rings is 1. The number of carbonyl (C=O) groups excluding carboxylic acids is 2. The second kappa shape index (κ2) is 9.75. The van der Waals surface area contributed by atoms with Gasteiger partial charge in [-0.15, -0.1) is 11.3 Å². The second-order valence-electron chi connectivity index (χ2n) is 7.46. The van der Waals surface area contributed by atoms with Crippen molar-refractivity contribution in [3.05, 3.63) is 64.2 Å². The predicted molar refractivity (Wildman–Crippen MR) is 130 cm³/mol. The second-order valence-corrected chi connectivity index (χ2v) is 9.44. The van der Waals surface area contributed by atoms with E-state index >= 15 is 0 Å². The lowest BCUT2D eigenvalue weighted by atomic mass is 10.1. The minimum absolute atomic E-state index is 0.368. The van der Waals surface area contributed by atoms with Gasteiger partial charge in [0.15, 0.2) is 15.9 Å². The molecule has 1 saturated heterocycles. The van der Waals surface area contributed by atoms with Crippen LogP contribution < -0.4 is 15.8 Å². The van der Waals surface area contributed by atoms with Gasteiger partial charge in [0.2, 0.25) is 0 Å². The molecule has 9 nitrogen and oxygen atoms in total. The first-order valence-corrected chi connectivity index (χ1v) is 12.2. The summed E-state index contributed by atoms with van der Waals surface area (Å²) in [6, 6.07) is 13.0. The molecule has 0 saturated carbocycles. The van der Waals surface area contributed by atoms with Crippen LogP contribution in [0.25, 0.3) is 22.0 Å². The Morgan fingerprint density at radius 1 is 0.941 bits per heavy atom. The highest BCUT2D eigenvalue weighted by atomic mass is 32.1. The molecule has 0 radical (unpaired) electrons. The van der Waals surface area contributed by atoms with E-state index in [0.29, 0.717) is 45.1 Å². The zero-order valence-corrected chi connectivity index (χ0v) is 19.9. The lowest BCUT2D eigenvalue weighted by molar-refractivity contribution is 0.0851. The number of thiazole rings is 2. The van der Waals surface area contributed by atoms with Gasteiger partial charge in [0.25, 0.3) is 11.8 Å². The summed E-state index contributed by atoms with van der Waals surface area (Å²) in [4.78, 5) is 38.0. The SMILES string of the molecule is Cc1nc(N2CCOCC2)sc1C(=O)NNC(=O)c1sc(-c2ccco2)nc1-c1ccccc1. The lowest BCUT2D eigenvalue weighted by Crippen LogP contribution is -2.41. The van der Waals surface area contributed by atoms with Crippen LogP contribution in [0, 0.1) is 6.92 Å². The molecule has 1 aliphatic rings. The summed E-state index contributed by atoms with van der Waals surface area (Å²) in [5.41, 5.74) is 6.98. The van der Waals surface area contributed by atoms with Crippen LogP contribution in [0.15, 0.2) is 53.1 Å². The van der Waals surface area contributed by atoms with Crippen molar-refractivity contribution in [3.63, 3.8) is 0 Å². The summed E-state index contributed by atoms with van der Waals surface area (Å²) in [5, 5.41) is 1.35. The molecule has 1 aromatic carbocycles. The van der Waals surface area contributed by atoms with Crippen molar-refractivity contribution in [3.8, 4) is 22.0 Å². The molecule has 34 heavy (non-hydrogen) atoms.